The Hall–Kier alpha value is -3.00. The van der Waals surface area contributed by atoms with Gasteiger partial charge in [0.1, 0.15) is 17.2 Å². The van der Waals surface area contributed by atoms with Crippen molar-refractivity contribution in [3.8, 4) is 16.8 Å². The first-order chi connectivity index (χ1) is 16.5. The van der Waals surface area contributed by atoms with Crippen molar-refractivity contribution >= 4 is 21.4 Å². The molecule has 0 saturated carbocycles. The molecule has 1 aromatic heterocycles. The van der Waals surface area contributed by atoms with Crippen LogP contribution in [-0.2, 0) is 21.9 Å². The molecule has 0 atom stereocenters. The largest absolute Gasteiger partial charge is 0.384 e. The van der Waals surface area contributed by atoms with E-state index in [0.29, 0.717) is 22.1 Å². The molecule has 3 aromatic carbocycles. The van der Waals surface area contributed by atoms with Crippen molar-refractivity contribution < 1.29 is 17.9 Å². The van der Waals surface area contributed by atoms with Crippen molar-refractivity contribution in [3.63, 3.8) is 0 Å². The minimum atomic E-state index is -3.31. The Morgan fingerprint density at radius 2 is 1.74 bits per heavy atom. The van der Waals surface area contributed by atoms with Gasteiger partial charge in [-0.25, -0.2) is 17.8 Å². The first-order valence-electron chi connectivity index (χ1n) is 11.2. The molecule has 1 N–H and O–H groups in total. The van der Waals surface area contributed by atoms with Gasteiger partial charge in [-0.1, -0.05) is 42.8 Å². The van der Waals surface area contributed by atoms with Crippen LogP contribution in [0.4, 0.5) is 4.39 Å². The zero-order chi connectivity index (χ0) is 25.4. The Morgan fingerprint density at radius 1 is 1.03 bits per heavy atom. The van der Waals surface area contributed by atoms with Crippen molar-refractivity contribution in [2.45, 2.75) is 37.7 Å². The number of halogens is 2. The van der Waals surface area contributed by atoms with E-state index in [0.717, 1.165) is 16.8 Å². The van der Waals surface area contributed by atoms with Crippen LogP contribution in [-0.4, -0.2) is 28.8 Å². The lowest BCUT2D eigenvalue weighted by Gasteiger charge is -2.13. The summed E-state index contributed by atoms with van der Waals surface area (Å²) in [5.41, 5.74) is 2.08. The van der Waals surface area contributed by atoms with Crippen LogP contribution in [0.1, 0.15) is 37.9 Å². The molecule has 0 amide bonds. The summed E-state index contributed by atoms with van der Waals surface area (Å²) < 4.78 is 40.8. The predicted molar refractivity (Wildman–Crippen MR) is 136 cm³/mol. The van der Waals surface area contributed by atoms with Crippen LogP contribution in [0.5, 0.6) is 0 Å². The van der Waals surface area contributed by atoms with E-state index in [-0.39, 0.29) is 22.9 Å². The smallest absolute Gasteiger partial charge is 0.178 e. The van der Waals surface area contributed by atoms with Crippen LogP contribution in [0.15, 0.2) is 77.8 Å². The average molecular weight is 513 g/mol. The number of rotatable bonds is 7. The van der Waals surface area contributed by atoms with E-state index < -0.39 is 15.4 Å². The van der Waals surface area contributed by atoms with Crippen molar-refractivity contribution in [2.75, 3.05) is 5.75 Å². The van der Waals surface area contributed by atoms with Gasteiger partial charge in [-0.3, -0.25) is 0 Å². The number of benzene rings is 3. The third-order valence-corrected chi connectivity index (χ3v) is 7.78. The summed E-state index contributed by atoms with van der Waals surface area (Å²) in [6, 6.07) is 18.8. The van der Waals surface area contributed by atoms with Gasteiger partial charge in [0.15, 0.2) is 9.84 Å². The highest BCUT2D eigenvalue weighted by Crippen LogP contribution is 2.28. The highest BCUT2D eigenvalue weighted by atomic mass is 35.5. The fourth-order valence-corrected chi connectivity index (χ4v) is 4.88. The second-order valence-electron chi connectivity index (χ2n) is 8.86. The maximum Gasteiger partial charge on any atom is 0.178 e. The van der Waals surface area contributed by atoms with E-state index in [4.69, 9.17) is 11.6 Å². The third kappa shape index (κ3) is 5.48. The van der Waals surface area contributed by atoms with Crippen LogP contribution < -0.4 is 0 Å². The topological polar surface area (TPSA) is 72.2 Å². The number of aromatic nitrogens is 2. The van der Waals surface area contributed by atoms with Gasteiger partial charge in [-0.2, -0.15) is 0 Å². The average Bonchev–Trinajstić information content (AvgIpc) is 3.26. The van der Waals surface area contributed by atoms with Crippen molar-refractivity contribution in [2.24, 2.45) is 0 Å². The quantitative estimate of drug-likeness (QED) is 0.332. The lowest BCUT2D eigenvalue weighted by Crippen LogP contribution is -2.16. The summed E-state index contributed by atoms with van der Waals surface area (Å²) >= 11 is 6.07. The molecule has 0 radical (unpaired) electrons. The number of hydrogen-bond acceptors (Lipinski definition) is 4. The Labute approximate surface area is 209 Å². The summed E-state index contributed by atoms with van der Waals surface area (Å²) in [7, 11) is -3.31. The first kappa shape index (κ1) is 25.1. The van der Waals surface area contributed by atoms with Gasteiger partial charge in [0.2, 0.25) is 0 Å². The minimum absolute atomic E-state index is 0.0373. The lowest BCUT2D eigenvalue weighted by molar-refractivity contribution is 0.0741. The Balaban J connectivity index is 1.73. The van der Waals surface area contributed by atoms with Gasteiger partial charge in [-0.15, -0.1) is 0 Å². The fourth-order valence-electron chi connectivity index (χ4n) is 3.76. The summed E-state index contributed by atoms with van der Waals surface area (Å²) in [5, 5.41) is 11.0. The molecule has 0 fully saturated rings. The van der Waals surface area contributed by atoms with E-state index >= 15 is 0 Å². The molecule has 8 heteroatoms. The van der Waals surface area contributed by atoms with Crippen LogP contribution >= 0.6 is 11.6 Å². The highest BCUT2D eigenvalue weighted by molar-refractivity contribution is 7.91. The molecule has 0 aliphatic carbocycles. The van der Waals surface area contributed by atoms with Crippen LogP contribution in [0.3, 0.4) is 0 Å². The zero-order valence-electron chi connectivity index (χ0n) is 19.7. The SMILES string of the molecule is CCS(=O)(=O)c1cccc(-c2ccc(-n3cc(C(C)(C)O)nc3Cc3cc(Cl)ccc3F)cc2)c1. The molecular weight excluding hydrogens is 487 g/mol. The summed E-state index contributed by atoms with van der Waals surface area (Å²) in [6.45, 7) is 4.91. The summed E-state index contributed by atoms with van der Waals surface area (Å²) in [6.07, 6.45) is 1.92. The molecule has 0 spiro atoms. The molecule has 1 heterocycles. The first-order valence-corrected chi connectivity index (χ1v) is 13.2. The summed E-state index contributed by atoms with van der Waals surface area (Å²) in [5.74, 6) is 0.202. The van der Waals surface area contributed by atoms with Crippen molar-refractivity contribution in [3.05, 3.63) is 101 Å². The van der Waals surface area contributed by atoms with Gasteiger partial charge in [0.25, 0.3) is 0 Å². The van der Waals surface area contributed by atoms with Gasteiger partial charge >= 0.3 is 0 Å². The molecule has 35 heavy (non-hydrogen) atoms. The highest BCUT2D eigenvalue weighted by Gasteiger charge is 2.23. The second kappa shape index (κ2) is 9.57. The number of nitrogens with zero attached hydrogens (tertiary/aromatic N) is 2. The predicted octanol–water partition coefficient (Wildman–Crippen LogP) is 5.94. The minimum Gasteiger partial charge on any atom is -0.384 e. The maximum atomic E-state index is 14.4. The van der Waals surface area contributed by atoms with Crippen LogP contribution in [0.2, 0.25) is 5.02 Å². The third-order valence-electron chi connectivity index (χ3n) is 5.81. The van der Waals surface area contributed by atoms with Gasteiger partial charge in [0.05, 0.1) is 16.3 Å². The zero-order valence-corrected chi connectivity index (χ0v) is 21.2. The van der Waals surface area contributed by atoms with Crippen molar-refractivity contribution in [1.82, 2.24) is 9.55 Å². The van der Waals surface area contributed by atoms with Gasteiger partial charge in [0, 0.05) is 23.3 Å². The number of sulfone groups is 1. The van der Waals surface area contributed by atoms with Crippen molar-refractivity contribution in [1.29, 1.82) is 0 Å². The van der Waals surface area contributed by atoms with E-state index in [9.17, 15) is 17.9 Å². The monoisotopic (exact) mass is 512 g/mol. The normalized spacial score (nSPS) is 12.2. The van der Waals surface area contributed by atoms with E-state index in [1.54, 1.807) is 51.2 Å². The van der Waals surface area contributed by atoms with Gasteiger partial charge in [-0.05, 0) is 73.0 Å². The van der Waals surface area contributed by atoms with Crippen LogP contribution in [0, 0.1) is 5.82 Å². The summed E-state index contributed by atoms with van der Waals surface area (Å²) in [4.78, 5) is 4.88. The number of hydrogen-bond donors (Lipinski definition) is 1. The Kier molecular flexibility index (Phi) is 6.86. The second-order valence-corrected chi connectivity index (χ2v) is 11.6. The molecule has 0 aliphatic rings. The molecular formula is C27H26ClFN2O3S. The molecule has 0 saturated heterocycles. The molecule has 0 bridgehead atoms. The van der Waals surface area contributed by atoms with Gasteiger partial charge < -0.3 is 9.67 Å². The van der Waals surface area contributed by atoms with E-state index in [1.165, 1.54) is 12.1 Å². The standard InChI is InChI=1S/C27H26ClFN2O3S/c1-4-35(33,34)23-7-5-6-19(15-23)18-8-11-22(12-9-18)31-17-25(27(2,3)32)30-26(31)16-20-14-21(28)10-13-24(20)29/h5-15,17,32H,4,16H2,1-3H3. The fraction of sp³-hybridized carbons (Fsp3) is 0.222. The van der Waals surface area contributed by atoms with E-state index in [2.05, 4.69) is 4.98 Å². The van der Waals surface area contributed by atoms with Crippen LogP contribution in [0.25, 0.3) is 16.8 Å². The molecule has 4 aromatic rings. The Bertz CT molecular complexity index is 1470. The molecule has 0 aliphatic heterocycles. The molecule has 4 rings (SSSR count). The lowest BCUT2D eigenvalue weighted by atomic mass is 10.1. The number of aliphatic hydroxyl groups is 1. The Morgan fingerprint density at radius 3 is 2.40 bits per heavy atom. The molecule has 182 valence electrons. The molecule has 5 nitrogen and oxygen atoms in total. The maximum absolute atomic E-state index is 14.4. The molecule has 0 unspecified atom stereocenters. The van der Waals surface area contributed by atoms with E-state index in [1.807, 2.05) is 34.9 Å². The number of imidazole rings is 1.